The van der Waals surface area contributed by atoms with Crippen LogP contribution < -0.4 is 0 Å². The second-order valence-electron chi connectivity index (χ2n) is 7.15. The Morgan fingerprint density at radius 1 is 0.933 bits per heavy atom. The van der Waals surface area contributed by atoms with Gasteiger partial charge in [-0.05, 0) is 45.9 Å². The smallest absolute Gasteiger partial charge is 0.335 e. The fourth-order valence-electron chi connectivity index (χ4n) is 3.39. The molecule has 2 aromatic carbocycles. The first-order valence-electron chi connectivity index (χ1n) is 9.09. The van der Waals surface area contributed by atoms with E-state index in [0.29, 0.717) is 0 Å². The number of nitro groups is 2. The minimum Gasteiger partial charge on any atom is -0.478 e. The molecule has 0 aromatic heterocycles. The third-order valence-electron chi connectivity index (χ3n) is 4.53. The van der Waals surface area contributed by atoms with Crippen LogP contribution in [0.25, 0.3) is 11.1 Å². The monoisotopic (exact) mass is 415 g/mol. The fourth-order valence-corrected chi connectivity index (χ4v) is 3.39. The van der Waals surface area contributed by atoms with E-state index in [1.165, 1.54) is 17.0 Å². The summed E-state index contributed by atoms with van der Waals surface area (Å²) < 4.78 is 0. The third-order valence-corrected chi connectivity index (χ3v) is 4.53. The van der Waals surface area contributed by atoms with Crippen molar-refractivity contribution in [3.8, 4) is 11.1 Å². The zero-order chi connectivity index (χ0) is 22.7. The van der Waals surface area contributed by atoms with Crippen LogP contribution in [-0.4, -0.2) is 43.8 Å². The summed E-state index contributed by atoms with van der Waals surface area (Å²) in [4.78, 5) is 47.9. The van der Waals surface area contributed by atoms with Crippen molar-refractivity contribution < 1.29 is 24.5 Å². The summed E-state index contributed by atoms with van der Waals surface area (Å²) in [6.45, 7) is 7.08. The van der Waals surface area contributed by atoms with Crippen LogP contribution in [0.15, 0.2) is 36.4 Å². The number of nitro benzene ring substituents is 2. The normalized spacial score (nSPS) is 10.9. The van der Waals surface area contributed by atoms with E-state index in [4.69, 9.17) is 0 Å². The Labute approximate surface area is 172 Å². The number of nitrogens with zero attached hydrogens (tertiary/aromatic N) is 3. The summed E-state index contributed by atoms with van der Waals surface area (Å²) in [5.41, 5.74) is -1.90. The number of carbonyl (C=O) groups is 2. The molecule has 0 spiro atoms. The molecule has 0 atom stereocenters. The highest BCUT2D eigenvalue weighted by Crippen LogP contribution is 2.40. The average Bonchev–Trinajstić information content (AvgIpc) is 2.65. The van der Waals surface area contributed by atoms with Crippen molar-refractivity contribution in [2.24, 2.45) is 0 Å². The molecule has 30 heavy (non-hydrogen) atoms. The first kappa shape index (κ1) is 22.5. The summed E-state index contributed by atoms with van der Waals surface area (Å²) in [6.07, 6.45) is 0. The van der Waals surface area contributed by atoms with Gasteiger partial charge in [0.25, 0.3) is 17.3 Å². The first-order valence-corrected chi connectivity index (χ1v) is 9.09. The van der Waals surface area contributed by atoms with Gasteiger partial charge in [-0.15, -0.1) is 0 Å². The molecule has 0 aliphatic heterocycles. The van der Waals surface area contributed by atoms with E-state index >= 15 is 0 Å². The molecule has 0 saturated carbocycles. The van der Waals surface area contributed by atoms with Crippen molar-refractivity contribution >= 4 is 23.3 Å². The average molecular weight is 415 g/mol. The van der Waals surface area contributed by atoms with Gasteiger partial charge in [-0.2, -0.15) is 0 Å². The van der Waals surface area contributed by atoms with Crippen molar-refractivity contribution in [2.45, 2.75) is 39.8 Å². The van der Waals surface area contributed by atoms with Crippen LogP contribution in [-0.2, 0) is 0 Å². The molecule has 0 bridgehead atoms. The number of benzene rings is 2. The Morgan fingerprint density at radius 2 is 1.43 bits per heavy atom. The van der Waals surface area contributed by atoms with Crippen molar-refractivity contribution in [2.75, 3.05) is 0 Å². The van der Waals surface area contributed by atoms with Gasteiger partial charge in [0.05, 0.1) is 15.4 Å². The summed E-state index contributed by atoms with van der Waals surface area (Å²) in [5, 5.41) is 32.5. The van der Waals surface area contributed by atoms with Crippen LogP contribution in [0.3, 0.4) is 0 Å². The summed E-state index contributed by atoms with van der Waals surface area (Å²) in [6, 6.07) is 6.31. The minimum atomic E-state index is -1.30. The molecule has 0 aliphatic carbocycles. The van der Waals surface area contributed by atoms with Gasteiger partial charge in [0, 0.05) is 35.3 Å². The van der Waals surface area contributed by atoms with Crippen molar-refractivity contribution in [1.82, 2.24) is 4.90 Å². The number of carboxylic acid groups (broad SMARTS) is 1. The van der Waals surface area contributed by atoms with E-state index in [2.05, 4.69) is 0 Å². The number of amides is 1. The lowest BCUT2D eigenvalue weighted by Crippen LogP contribution is -2.42. The van der Waals surface area contributed by atoms with Crippen LogP contribution in [0.5, 0.6) is 0 Å². The quantitative estimate of drug-likeness (QED) is 0.529. The van der Waals surface area contributed by atoms with Gasteiger partial charge in [-0.1, -0.05) is 6.07 Å². The van der Waals surface area contributed by atoms with Gasteiger partial charge >= 0.3 is 5.97 Å². The molecule has 158 valence electrons. The zero-order valence-electron chi connectivity index (χ0n) is 16.9. The molecule has 0 aliphatic rings. The lowest BCUT2D eigenvalue weighted by Gasteiger charge is -2.31. The molecule has 0 unspecified atom stereocenters. The molecule has 0 heterocycles. The Balaban J connectivity index is 2.93. The SMILES string of the molecule is CC(C)N(C(=O)c1cc(C(=O)O)ccc1-c1c([N+](=O)[O-])cccc1[N+](=O)[O-])C(C)C. The molecule has 0 fully saturated rings. The second-order valence-corrected chi connectivity index (χ2v) is 7.15. The molecule has 10 nitrogen and oxygen atoms in total. The number of carbonyl (C=O) groups excluding carboxylic acids is 1. The Hall–Kier alpha value is -3.82. The Morgan fingerprint density at radius 3 is 1.83 bits per heavy atom. The van der Waals surface area contributed by atoms with Crippen molar-refractivity contribution in [3.63, 3.8) is 0 Å². The predicted molar refractivity (Wildman–Crippen MR) is 109 cm³/mol. The van der Waals surface area contributed by atoms with E-state index in [1.54, 1.807) is 27.7 Å². The highest BCUT2D eigenvalue weighted by Gasteiger charge is 2.32. The van der Waals surface area contributed by atoms with Crippen molar-refractivity contribution in [1.29, 1.82) is 0 Å². The van der Waals surface area contributed by atoms with Crippen LogP contribution in [0, 0.1) is 20.2 Å². The topological polar surface area (TPSA) is 144 Å². The maximum absolute atomic E-state index is 13.4. The molecule has 1 N–H and O–H groups in total. The van der Waals surface area contributed by atoms with E-state index in [-0.39, 0.29) is 34.3 Å². The molecule has 10 heteroatoms. The van der Waals surface area contributed by atoms with Crippen LogP contribution in [0.1, 0.15) is 48.4 Å². The molecule has 0 radical (unpaired) electrons. The second kappa shape index (κ2) is 8.68. The van der Waals surface area contributed by atoms with Gasteiger partial charge in [-0.25, -0.2) is 4.79 Å². The van der Waals surface area contributed by atoms with Crippen molar-refractivity contribution in [3.05, 3.63) is 67.8 Å². The Kier molecular flexibility index (Phi) is 6.50. The molecular weight excluding hydrogens is 394 g/mol. The standard InChI is InChI=1S/C20H21N3O7/c1-11(2)21(12(3)4)19(24)15-10-13(20(25)26)8-9-14(15)18-16(22(27)28)6-5-7-17(18)23(29)30/h5-12H,1-4H3,(H,25,26). The number of aromatic carboxylic acids is 1. The van der Waals surface area contributed by atoms with E-state index in [1.807, 2.05) is 0 Å². The van der Waals surface area contributed by atoms with E-state index < -0.39 is 33.1 Å². The highest BCUT2D eigenvalue weighted by atomic mass is 16.6. The zero-order valence-corrected chi connectivity index (χ0v) is 16.9. The molecule has 2 rings (SSSR count). The number of rotatable bonds is 7. The Bertz CT molecular complexity index is 991. The predicted octanol–water partition coefficient (Wildman–Crippen LogP) is 4.13. The lowest BCUT2D eigenvalue weighted by molar-refractivity contribution is -0.392. The first-order chi connectivity index (χ1) is 14.0. The van der Waals surface area contributed by atoms with Gasteiger partial charge in [0.1, 0.15) is 5.56 Å². The van der Waals surface area contributed by atoms with E-state index in [9.17, 15) is 34.9 Å². The largest absolute Gasteiger partial charge is 0.478 e. The van der Waals surface area contributed by atoms with Gasteiger partial charge in [0.2, 0.25) is 0 Å². The molecular formula is C20H21N3O7. The highest BCUT2D eigenvalue weighted by molar-refractivity contribution is 6.05. The van der Waals surface area contributed by atoms with Gasteiger partial charge in [-0.3, -0.25) is 25.0 Å². The molecule has 2 aromatic rings. The third kappa shape index (κ3) is 4.27. The summed E-state index contributed by atoms with van der Waals surface area (Å²) >= 11 is 0. The number of hydrogen-bond donors (Lipinski definition) is 1. The molecule has 1 amide bonds. The van der Waals surface area contributed by atoms with Crippen LogP contribution in [0.4, 0.5) is 11.4 Å². The maximum Gasteiger partial charge on any atom is 0.335 e. The lowest BCUT2D eigenvalue weighted by atomic mass is 9.93. The summed E-state index contributed by atoms with van der Waals surface area (Å²) in [7, 11) is 0. The number of hydrogen-bond acceptors (Lipinski definition) is 6. The van der Waals surface area contributed by atoms with E-state index in [0.717, 1.165) is 24.3 Å². The summed E-state index contributed by atoms with van der Waals surface area (Å²) in [5.74, 6) is -1.88. The van der Waals surface area contributed by atoms with Crippen LogP contribution >= 0.6 is 0 Å². The number of carboxylic acids is 1. The van der Waals surface area contributed by atoms with Gasteiger partial charge < -0.3 is 10.0 Å². The minimum absolute atomic E-state index is 0.0738. The van der Waals surface area contributed by atoms with Gasteiger partial charge in [0.15, 0.2) is 0 Å². The van der Waals surface area contributed by atoms with Crippen LogP contribution in [0.2, 0.25) is 0 Å². The molecule has 0 saturated heterocycles. The maximum atomic E-state index is 13.4. The fraction of sp³-hybridized carbons (Fsp3) is 0.300.